The van der Waals surface area contributed by atoms with Gasteiger partial charge in [0.05, 0.1) is 0 Å². The Morgan fingerprint density at radius 2 is 1.23 bits per heavy atom. The highest BCUT2D eigenvalue weighted by atomic mass is 14.1. The third-order valence-corrected chi connectivity index (χ3v) is 1.73. The van der Waals surface area contributed by atoms with Crippen LogP contribution >= 0.6 is 0 Å². The first-order valence-corrected chi connectivity index (χ1v) is 5.26. The Morgan fingerprint density at radius 1 is 0.923 bits per heavy atom. The summed E-state index contributed by atoms with van der Waals surface area (Å²) < 4.78 is 0. The summed E-state index contributed by atoms with van der Waals surface area (Å²) in [5, 5.41) is 0. The van der Waals surface area contributed by atoms with E-state index in [-0.39, 0.29) is 0 Å². The topological polar surface area (TPSA) is 0 Å². The molecule has 0 heteroatoms. The van der Waals surface area contributed by atoms with Crippen molar-refractivity contribution in [3.8, 4) is 0 Å². The van der Waals surface area contributed by atoms with E-state index in [0.717, 1.165) is 0 Å². The Kier molecular flexibility index (Phi) is 7.30. The molecule has 0 aliphatic heterocycles. The molecule has 0 aliphatic carbocycles. The third-order valence-electron chi connectivity index (χ3n) is 1.73. The van der Waals surface area contributed by atoms with Crippen LogP contribution in [0.1, 0.15) is 61.8 Å². The standard InChI is InChI=1S/C7H14.C6H14/c1-5-6-7(2,3)4;1-5-6(2,3)4/h5-6H,1-4H3;5H2,1-4H3. The molecule has 0 heterocycles. The lowest BCUT2D eigenvalue weighted by Crippen LogP contribution is -2.00. The maximum atomic E-state index is 2.24. The molecule has 0 amide bonds. The Labute approximate surface area is 85.4 Å². The van der Waals surface area contributed by atoms with E-state index in [9.17, 15) is 0 Å². The molecule has 80 valence electrons. The van der Waals surface area contributed by atoms with Crippen molar-refractivity contribution in [3.05, 3.63) is 12.2 Å². The van der Waals surface area contributed by atoms with Gasteiger partial charge in [0, 0.05) is 0 Å². The first-order chi connectivity index (χ1) is 5.62. The lowest BCUT2D eigenvalue weighted by molar-refractivity contribution is 0.398. The normalized spacial score (nSPS) is 12.6. The van der Waals surface area contributed by atoms with Gasteiger partial charge in [0.15, 0.2) is 0 Å². The first kappa shape index (κ1) is 15.2. The van der Waals surface area contributed by atoms with Crippen molar-refractivity contribution in [1.29, 1.82) is 0 Å². The summed E-state index contributed by atoms with van der Waals surface area (Å²) in [4.78, 5) is 0. The summed E-state index contributed by atoms with van der Waals surface area (Å²) in [6, 6.07) is 0. The molecule has 0 saturated carbocycles. The van der Waals surface area contributed by atoms with Crippen molar-refractivity contribution < 1.29 is 0 Å². The highest BCUT2D eigenvalue weighted by molar-refractivity contribution is 4.88. The van der Waals surface area contributed by atoms with Gasteiger partial charge in [0.1, 0.15) is 0 Å². The fourth-order valence-electron chi connectivity index (χ4n) is 0.500. The summed E-state index contributed by atoms with van der Waals surface area (Å²) >= 11 is 0. The largest absolute Gasteiger partial charge is 0.0911 e. The van der Waals surface area contributed by atoms with Crippen LogP contribution < -0.4 is 0 Å². The molecule has 0 fully saturated rings. The average Bonchev–Trinajstić information content (AvgIpc) is 1.84. The minimum absolute atomic E-state index is 0.370. The molecule has 0 bridgehead atoms. The second-order valence-corrected chi connectivity index (χ2v) is 5.78. The quantitative estimate of drug-likeness (QED) is 0.462. The fourth-order valence-corrected chi connectivity index (χ4v) is 0.500. The maximum Gasteiger partial charge on any atom is -0.0203 e. The zero-order chi connectivity index (χ0) is 11.1. The van der Waals surface area contributed by atoms with E-state index in [1.807, 2.05) is 6.92 Å². The van der Waals surface area contributed by atoms with Crippen LogP contribution in [-0.2, 0) is 0 Å². The minimum Gasteiger partial charge on any atom is -0.0911 e. The van der Waals surface area contributed by atoms with Crippen LogP contribution in [0.3, 0.4) is 0 Å². The number of hydrogen-bond acceptors (Lipinski definition) is 0. The van der Waals surface area contributed by atoms with Crippen LogP contribution in [0, 0.1) is 10.8 Å². The van der Waals surface area contributed by atoms with E-state index in [0.29, 0.717) is 10.8 Å². The van der Waals surface area contributed by atoms with Crippen LogP contribution in [0.2, 0.25) is 0 Å². The highest BCUT2D eigenvalue weighted by Gasteiger charge is 2.03. The predicted molar refractivity (Wildman–Crippen MR) is 64.0 cm³/mol. The SMILES string of the molecule is CC=CC(C)(C)C.CCC(C)(C)C. The van der Waals surface area contributed by atoms with Crippen molar-refractivity contribution in [3.63, 3.8) is 0 Å². The van der Waals surface area contributed by atoms with E-state index in [1.165, 1.54) is 6.42 Å². The molecule has 0 N–H and O–H groups in total. The second-order valence-electron chi connectivity index (χ2n) is 5.78. The van der Waals surface area contributed by atoms with Crippen molar-refractivity contribution in [2.75, 3.05) is 0 Å². The summed E-state index contributed by atoms with van der Waals surface area (Å²) in [5.41, 5.74) is 0.911. The molecular formula is C13H28. The van der Waals surface area contributed by atoms with Gasteiger partial charge in [-0.3, -0.25) is 0 Å². The number of rotatable bonds is 0. The zero-order valence-electron chi connectivity index (χ0n) is 10.9. The zero-order valence-corrected chi connectivity index (χ0v) is 10.9. The van der Waals surface area contributed by atoms with Crippen LogP contribution in [0.4, 0.5) is 0 Å². The predicted octanol–water partition coefficient (Wildman–Crippen LogP) is 5.05. The molecule has 0 aliphatic rings. The fraction of sp³-hybridized carbons (Fsp3) is 0.846. The molecule has 0 atom stereocenters. The summed E-state index contributed by atoms with van der Waals surface area (Å²) in [6.07, 6.45) is 5.54. The maximum absolute atomic E-state index is 2.24. The molecule has 0 nitrogen and oxygen atoms in total. The molecular weight excluding hydrogens is 156 g/mol. The van der Waals surface area contributed by atoms with Gasteiger partial charge >= 0.3 is 0 Å². The van der Waals surface area contributed by atoms with Crippen molar-refractivity contribution in [2.45, 2.75) is 61.8 Å². The first-order valence-electron chi connectivity index (χ1n) is 5.26. The van der Waals surface area contributed by atoms with E-state index < -0.39 is 0 Å². The molecule has 0 aromatic rings. The van der Waals surface area contributed by atoms with Gasteiger partial charge in [-0.15, -0.1) is 0 Å². The van der Waals surface area contributed by atoms with Crippen LogP contribution in [-0.4, -0.2) is 0 Å². The monoisotopic (exact) mass is 184 g/mol. The Morgan fingerprint density at radius 3 is 1.23 bits per heavy atom. The lowest BCUT2D eigenvalue weighted by Gasteiger charge is -2.12. The summed E-state index contributed by atoms with van der Waals surface area (Å²) in [6.45, 7) is 17.5. The van der Waals surface area contributed by atoms with Gasteiger partial charge in [-0.1, -0.05) is 67.0 Å². The third kappa shape index (κ3) is 24.5. The molecule has 0 rings (SSSR count). The van der Waals surface area contributed by atoms with E-state index in [2.05, 4.69) is 60.6 Å². The van der Waals surface area contributed by atoms with Crippen molar-refractivity contribution in [1.82, 2.24) is 0 Å². The molecule has 0 spiro atoms. The minimum atomic E-state index is 0.370. The molecule has 0 saturated heterocycles. The van der Waals surface area contributed by atoms with Gasteiger partial charge in [-0.25, -0.2) is 0 Å². The van der Waals surface area contributed by atoms with Gasteiger partial charge in [-0.2, -0.15) is 0 Å². The molecule has 0 unspecified atom stereocenters. The van der Waals surface area contributed by atoms with Gasteiger partial charge in [-0.05, 0) is 17.8 Å². The van der Waals surface area contributed by atoms with E-state index in [4.69, 9.17) is 0 Å². The highest BCUT2D eigenvalue weighted by Crippen LogP contribution is 2.16. The van der Waals surface area contributed by atoms with Crippen LogP contribution in [0.15, 0.2) is 12.2 Å². The molecule has 0 aromatic heterocycles. The number of hydrogen-bond donors (Lipinski definition) is 0. The van der Waals surface area contributed by atoms with E-state index in [1.54, 1.807) is 0 Å². The molecule has 13 heavy (non-hydrogen) atoms. The molecule has 0 aromatic carbocycles. The Hall–Kier alpha value is -0.260. The Balaban J connectivity index is 0. The Bertz CT molecular complexity index is 127. The second kappa shape index (κ2) is 6.23. The lowest BCUT2D eigenvalue weighted by atomic mass is 9.94. The van der Waals surface area contributed by atoms with Gasteiger partial charge in [0.25, 0.3) is 0 Å². The average molecular weight is 184 g/mol. The molecule has 0 radical (unpaired) electrons. The smallest absolute Gasteiger partial charge is 0.0203 e. The van der Waals surface area contributed by atoms with Crippen LogP contribution in [0.5, 0.6) is 0 Å². The van der Waals surface area contributed by atoms with Crippen LogP contribution in [0.25, 0.3) is 0 Å². The van der Waals surface area contributed by atoms with E-state index >= 15 is 0 Å². The van der Waals surface area contributed by atoms with Gasteiger partial charge < -0.3 is 0 Å². The van der Waals surface area contributed by atoms with Crippen molar-refractivity contribution >= 4 is 0 Å². The number of allylic oxidation sites excluding steroid dienone is 2. The summed E-state index contributed by atoms with van der Waals surface area (Å²) in [7, 11) is 0. The summed E-state index contributed by atoms with van der Waals surface area (Å²) in [5.74, 6) is 0. The van der Waals surface area contributed by atoms with Crippen molar-refractivity contribution in [2.24, 2.45) is 10.8 Å². The van der Waals surface area contributed by atoms with Gasteiger partial charge in [0.2, 0.25) is 0 Å².